The zero-order chi connectivity index (χ0) is 10.7. The summed E-state index contributed by atoms with van der Waals surface area (Å²) in [5, 5.41) is 4.18. The third-order valence-corrected chi connectivity index (χ3v) is 3.60. The maximum Gasteiger partial charge on any atom is 0.0908 e. The highest BCUT2D eigenvalue weighted by molar-refractivity contribution is 7.14. The number of hydrogen-bond acceptors (Lipinski definition) is 2. The van der Waals surface area contributed by atoms with Crippen LogP contribution in [0.25, 0.3) is 0 Å². The summed E-state index contributed by atoms with van der Waals surface area (Å²) in [7, 11) is 2.08. The van der Waals surface area contributed by atoms with E-state index in [2.05, 4.69) is 35.5 Å². The van der Waals surface area contributed by atoms with Gasteiger partial charge in [-0.05, 0) is 29.1 Å². The maximum atomic E-state index is 6.11. The lowest BCUT2D eigenvalue weighted by Crippen LogP contribution is -2.15. The summed E-state index contributed by atoms with van der Waals surface area (Å²) in [6.07, 6.45) is 0. The van der Waals surface area contributed by atoms with Gasteiger partial charge in [-0.2, -0.15) is 0 Å². The van der Waals surface area contributed by atoms with Crippen molar-refractivity contribution in [1.82, 2.24) is 0 Å². The third kappa shape index (κ3) is 2.52. The van der Waals surface area contributed by atoms with Crippen LogP contribution in [0.2, 0.25) is 5.02 Å². The lowest BCUT2D eigenvalue weighted by atomic mass is 10.2. The van der Waals surface area contributed by atoms with Gasteiger partial charge in [-0.25, -0.2) is 0 Å². The molecule has 0 spiro atoms. The van der Waals surface area contributed by atoms with Crippen LogP contribution in [0.15, 0.2) is 41.8 Å². The SMILES string of the molecule is CN(Cc1ccccc1Cl)c1cccs1. The molecule has 15 heavy (non-hydrogen) atoms. The summed E-state index contributed by atoms with van der Waals surface area (Å²) >= 11 is 7.85. The fourth-order valence-corrected chi connectivity index (χ4v) is 2.34. The highest BCUT2D eigenvalue weighted by atomic mass is 35.5. The second-order valence-electron chi connectivity index (χ2n) is 3.40. The largest absolute Gasteiger partial charge is 0.362 e. The molecule has 0 aliphatic heterocycles. The fourth-order valence-electron chi connectivity index (χ4n) is 1.45. The molecule has 0 aliphatic carbocycles. The van der Waals surface area contributed by atoms with Gasteiger partial charge in [0.2, 0.25) is 0 Å². The molecular formula is C12H12ClNS. The van der Waals surface area contributed by atoms with Crippen molar-refractivity contribution in [1.29, 1.82) is 0 Å². The molecule has 0 atom stereocenters. The normalized spacial score (nSPS) is 10.3. The molecule has 0 unspecified atom stereocenters. The first-order chi connectivity index (χ1) is 7.27. The topological polar surface area (TPSA) is 3.24 Å². The molecular weight excluding hydrogens is 226 g/mol. The Bertz CT molecular complexity index is 425. The molecule has 0 aliphatic rings. The van der Waals surface area contributed by atoms with Crippen molar-refractivity contribution in [3.05, 3.63) is 52.4 Å². The van der Waals surface area contributed by atoms with E-state index < -0.39 is 0 Å². The Morgan fingerprint density at radius 3 is 2.67 bits per heavy atom. The number of halogens is 1. The Balaban J connectivity index is 2.13. The molecule has 0 saturated heterocycles. The average molecular weight is 238 g/mol. The summed E-state index contributed by atoms with van der Waals surface area (Å²) in [5.41, 5.74) is 1.16. The number of nitrogens with zero attached hydrogens (tertiary/aromatic N) is 1. The van der Waals surface area contributed by atoms with E-state index in [0.717, 1.165) is 17.1 Å². The number of thiophene rings is 1. The predicted octanol–water partition coefficient (Wildman–Crippen LogP) is 4.04. The van der Waals surface area contributed by atoms with Crippen molar-refractivity contribution < 1.29 is 0 Å². The predicted molar refractivity (Wildman–Crippen MR) is 67.9 cm³/mol. The monoisotopic (exact) mass is 237 g/mol. The van der Waals surface area contributed by atoms with Crippen LogP contribution < -0.4 is 4.90 Å². The van der Waals surface area contributed by atoms with Gasteiger partial charge < -0.3 is 4.90 Å². The van der Waals surface area contributed by atoms with E-state index in [4.69, 9.17) is 11.6 Å². The van der Waals surface area contributed by atoms with Gasteiger partial charge in [-0.3, -0.25) is 0 Å². The minimum atomic E-state index is 0.834. The standard InChI is InChI=1S/C12H12ClNS/c1-14(12-7-4-8-15-12)9-10-5-2-3-6-11(10)13/h2-8H,9H2,1H3. The molecule has 2 aromatic rings. The van der Waals surface area contributed by atoms with Crippen LogP contribution in [0.1, 0.15) is 5.56 Å². The highest BCUT2D eigenvalue weighted by Gasteiger charge is 2.05. The number of rotatable bonds is 3. The van der Waals surface area contributed by atoms with Gasteiger partial charge in [0.05, 0.1) is 5.00 Å². The number of hydrogen-bond donors (Lipinski definition) is 0. The molecule has 0 radical (unpaired) electrons. The molecule has 1 heterocycles. The van der Waals surface area contributed by atoms with Crippen LogP contribution in [-0.2, 0) is 6.54 Å². The summed E-state index contributed by atoms with van der Waals surface area (Å²) in [6, 6.07) is 12.1. The van der Waals surface area contributed by atoms with E-state index in [-0.39, 0.29) is 0 Å². The van der Waals surface area contributed by atoms with Crippen molar-refractivity contribution in [3.63, 3.8) is 0 Å². The van der Waals surface area contributed by atoms with Crippen molar-refractivity contribution in [3.8, 4) is 0 Å². The lowest BCUT2D eigenvalue weighted by Gasteiger charge is -2.17. The number of anilines is 1. The van der Waals surface area contributed by atoms with Gasteiger partial charge in [-0.1, -0.05) is 29.8 Å². The van der Waals surface area contributed by atoms with Crippen LogP contribution in [0.3, 0.4) is 0 Å². The highest BCUT2D eigenvalue weighted by Crippen LogP contribution is 2.23. The Morgan fingerprint density at radius 1 is 1.20 bits per heavy atom. The smallest absolute Gasteiger partial charge is 0.0908 e. The van der Waals surface area contributed by atoms with Gasteiger partial charge in [0.15, 0.2) is 0 Å². The van der Waals surface area contributed by atoms with E-state index in [1.54, 1.807) is 11.3 Å². The van der Waals surface area contributed by atoms with Crippen molar-refractivity contribution in [2.75, 3.05) is 11.9 Å². The maximum absolute atomic E-state index is 6.11. The third-order valence-electron chi connectivity index (χ3n) is 2.25. The molecule has 0 bridgehead atoms. The zero-order valence-corrected chi connectivity index (χ0v) is 10.1. The van der Waals surface area contributed by atoms with Gasteiger partial charge in [0, 0.05) is 18.6 Å². The molecule has 0 fully saturated rings. The van der Waals surface area contributed by atoms with E-state index >= 15 is 0 Å². The second-order valence-corrected chi connectivity index (χ2v) is 4.73. The van der Waals surface area contributed by atoms with Gasteiger partial charge in [-0.15, -0.1) is 11.3 Å². The number of benzene rings is 1. The fraction of sp³-hybridized carbons (Fsp3) is 0.167. The molecule has 78 valence electrons. The minimum absolute atomic E-state index is 0.834. The Hall–Kier alpha value is -0.990. The molecule has 1 aromatic heterocycles. The molecule has 1 nitrogen and oxygen atoms in total. The van der Waals surface area contributed by atoms with Gasteiger partial charge in [0.25, 0.3) is 0 Å². The summed E-state index contributed by atoms with van der Waals surface area (Å²) in [5.74, 6) is 0. The quantitative estimate of drug-likeness (QED) is 0.779. The zero-order valence-electron chi connectivity index (χ0n) is 8.48. The molecule has 0 amide bonds. The second kappa shape index (κ2) is 4.69. The average Bonchev–Trinajstić information content (AvgIpc) is 2.74. The summed E-state index contributed by atoms with van der Waals surface area (Å²) < 4.78 is 0. The van der Waals surface area contributed by atoms with E-state index in [1.165, 1.54) is 5.00 Å². The minimum Gasteiger partial charge on any atom is -0.362 e. The van der Waals surface area contributed by atoms with E-state index in [0.29, 0.717) is 0 Å². The molecule has 0 N–H and O–H groups in total. The summed E-state index contributed by atoms with van der Waals surface area (Å²) in [6.45, 7) is 0.847. The first kappa shape index (κ1) is 10.5. The van der Waals surface area contributed by atoms with Gasteiger partial charge >= 0.3 is 0 Å². The van der Waals surface area contributed by atoms with Crippen molar-refractivity contribution >= 4 is 27.9 Å². The summed E-state index contributed by atoms with van der Waals surface area (Å²) in [4.78, 5) is 2.20. The Labute approximate surface area is 98.9 Å². The molecule has 1 aromatic carbocycles. The lowest BCUT2D eigenvalue weighted by molar-refractivity contribution is 0.935. The Kier molecular flexibility index (Phi) is 3.29. The van der Waals surface area contributed by atoms with E-state index in [1.807, 2.05) is 18.2 Å². The van der Waals surface area contributed by atoms with Crippen molar-refractivity contribution in [2.45, 2.75) is 6.54 Å². The van der Waals surface area contributed by atoms with Crippen LogP contribution >= 0.6 is 22.9 Å². The first-order valence-electron chi connectivity index (χ1n) is 4.75. The van der Waals surface area contributed by atoms with Crippen LogP contribution in [0, 0.1) is 0 Å². The molecule has 2 rings (SSSR count). The van der Waals surface area contributed by atoms with E-state index in [9.17, 15) is 0 Å². The first-order valence-corrected chi connectivity index (χ1v) is 6.01. The van der Waals surface area contributed by atoms with Gasteiger partial charge in [0.1, 0.15) is 0 Å². The molecule has 0 saturated carbocycles. The molecule has 3 heteroatoms. The Morgan fingerprint density at radius 2 is 2.00 bits per heavy atom. The van der Waals surface area contributed by atoms with Crippen LogP contribution in [0.4, 0.5) is 5.00 Å². The van der Waals surface area contributed by atoms with Crippen LogP contribution in [0.5, 0.6) is 0 Å². The van der Waals surface area contributed by atoms with Crippen LogP contribution in [-0.4, -0.2) is 7.05 Å². The van der Waals surface area contributed by atoms with Crippen molar-refractivity contribution in [2.24, 2.45) is 0 Å².